The molecule has 0 aliphatic heterocycles. The number of thiazole rings is 1. The molecule has 164 valence electrons. The second-order valence-corrected chi connectivity index (χ2v) is 9.32. The standard InChI is InChI=1S/C25H26N4O2S/c1-4-25(13-6-5-7-14-25)29-23(31)28-24-26-19-12-11-18(15-20(19)32-24)22(30)27-21-16(2)9-8-10-17(21)3/h1,8-12,15H,5-7,13-14H2,2-3H3,(H,27,30)(H2,26,28,29,31). The summed E-state index contributed by atoms with van der Waals surface area (Å²) in [6.07, 6.45) is 10.5. The Morgan fingerprint density at radius 2 is 1.78 bits per heavy atom. The van der Waals surface area contributed by atoms with Crippen LogP contribution in [-0.2, 0) is 0 Å². The van der Waals surface area contributed by atoms with E-state index < -0.39 is 5.54 Å². The maximum absolute atomic E-state index is 12.8. The van der Waals surface area contributed by atoms with E-state index in [1.807, 2.05) is 32.0 Å². The summed E-state index contributed by atoms with van der Waals surface area (Å²) in [4.78, 5) is 29.8. The number of fused-ring (bicyclic) bond motifs is 1. The van der Waals surface area contributed by atoms with E-state index in [2.05, 4.69) is 26.9 Å². The third-order valence-corrected chi connectivity index (χ3v) is 6.86. The molecule has 2 aromatic carbocycles. The Labute approximate surface area is 191 Å². The Bertz CT molecular complexity index is 1200. The zero-order valence-electron chi connectivity index (χ0n) is 18.2. The van der Waals surface area contributed by atoms with Crippen molar-refractivity contribution in [1.29, 1.82) is 0 Å². The fraction of sp³-hybridized carbons (Fsp3) is 0.320. The summed E-state index contributed by atoms with van der Waals surface area (Å²) in [5.74, 6) is 2.59. The molecule has 6 nitrogen and oxygen atoms in total. The van der Waals surface area contributed by atoms with Gasteiger partial charge in [-0.05, 0) is 56.0 Å². The van der Waals surface area contributed by atoms with Gasteiger partial charge in [0, 0.05) is 11.3 Å². The van der Waals surface area contributed by atoms with Crippen molar-refractivity contribution in [2.75, 3.05) is 10.6 Å². The third kappa shape index (κ3) is 4.61. The fourth-order valence-electron chi connectivity index (χ4n) is 4.12. The van der Waals surface area contributed by atoms with Crippen molar-refractivity contribution < 1.29 is 9.59 Å². The average molecular weight is 447 g/mol. The first-order valence-electron chi connectivity index (χ1n) is 10.7. The highest BCUT2D eigenvalue weighted by atomic mass is 32.1. The van der Waals surface area contributed by atoms with Crippen LogP contribution in [0.15, 0.2) is 36.4 Å². The van der Waals surface area contributed by atoms with Crippen LogP contribution in [0.25, 0.3) is 10.2 Å². The van der Waals surface area contributed by atoms with Gasteiger partial charge in [-0.2, -0.15) is 0 Å². The predicted molar refractivity (Wildman–Crippen MR) is 130 cm³/mol. The van der Waals surface area contributed by atoms with Crippen LogP contribution in [0.1, 0.15) is 53.6 Å². The first-order valence-corrected chi connectivity index (χ1v) is 11.6. The van der Waals surface area contributed by atoms with Gasteiger partial charge in [0.15, 0.2) is 5.13 Å². The molecule has 0 bridgehead atoms. The number of hydrogen-bond donors (Lipinski definition) is 3. The van der Waals surface area contributed by atoms with E-state index in [0.717, 1.165) is 59.1 Å². The van der Waals surface area contributed by atoms with Gasteiger partial charge in [0.2, 0.25) is 0 Å². The van der Waals surface area contributed by atoms with Gasteiger partial charge in [-0.1, -0.05) is 54.7 Å². The minimum Gasteiger partial charge on any atom is -0.322 e. The number of nitrogens with zero attached hydrogens (tertiary/aromatic N) is 1. The van der Waals surface area contributed by atoms with E-state index in [0.29, 0.717) is 10.7 Å². The van der Waals surface area contributed by atoms with E-state index in [9.17, 15) is 9.59 Å². The van der Waals surface area contributed by atoms with E-state index >= 15 is 0 Å². The number of terminal acetylenes is 1. The van der Waals surface area contributed by atoms with E-state index in [1.165, 1.54) is 11.3 Å². The summed E-state index contributed by atoms with van der Waals surface area (Å²) >= 11 is 1.32. The molecule has 1 heterocycles. The molecule has 0 unspecified atom stereocenters. The molecule has 3 amide bonds. The van der Waals surface area contributed by atoms with Gasteiger partial charge < -0.3 is 10.6 Å². The molecule has 0 radical (unpaired) electrons. The quantitative estimate of drug-likeness (QED) is 0.455. The zero-order chi connectivity index (χ0) is 22.7. The van der Waals surface area contributed by atoms with Gasteiger partial charge in [0.1, 0.15) is 5.54 Å². The summed E-state index contributed by atoms with van der Waals surface area (Å²) in [7, 11) is 0. The molecule has 3 aromatic rings. The first kappa shape index (κ1) is 21.8. The highest BCUT2D eigenvalue weighted by molar-refractivity contribution is 7.22. The molecule has 0 spiro atoms. The van der Waals surface area contributed by atoms with E-state index in [-0.39, 0.29) is 11.9 Å². The summed E-state index contributed by atoms with van der Waals surface area (Å²) in [5, 5.41) is 9.23. The average Bonchev–Trinajstić information content (AvgIpc) is 3.18. The fourth-order valence-corrected chi connectivity index (χ4v) is 5.02. The normalized spacial score (nSPS) is 15.0. The van der Waals surface area contributed by atoms with E-state index in [1.54, 1.807) is 18.2 Å². The lowest BCUT2D eigenvalue weighted by molar-refractivity contribution is 0.102. The summed E-state index contributed by atoms with van der Waals surface area (Å²) < 4.78 is 0.818. The second kappa shape index (κ2) is 9.01. The molecule has 32 heavy (non-hydrogen) atoms. The monoisotopic (exact) mass is 446 g/mol. The number of carbonyl (C=O) groups is 2. The van der Waals surface area contributed by atoms with Crippen molar-refractivity contribution in [1.82, 2.24) is 10.3 Å². The molecule has 3 N–H and O–H groups in total. The van der Waals surface area contributed by atoms with Crippen molar-refractivity contribution in [3.8, 4) is 12.3 Å². The third-order valence-electron chi connectivity index (χ3n) is 5.93. The van der Waals surface area contributed by atoms with E-state index in [4.69, 9.17) is 6.42 Å². The van der Waals surface area contributed by atoms with Gasteiger partial charge in [-0.15, -0.1) is 6.42 Å². The number of amides is 3. The molecule has 0 saturated heterocycles. The molecule has 4 rings (SSSR count). The maximum atomic E-state index is 12.8. The molecule has 1 aliphatic rings. The van der Waals surface area contributed by atoms with Crippen LogP contribution in [0.3, 0.4) is 0 Å². The van der Waals surface area contributed by atoms with Gasteiger partial charge >= 0.3 is 6.03 Å². The van der Waals surface area contributed by atoms with Gasteiger partial charge in [-0.25, -0.2) is 9.78 Å². The van der Waals surface area contributed by atoms with Crippen LogP contribution in [0, 0.1) is 26.2 Å². The Hall–Kier alpha value is -3.37. The van der Waals surface area contributed by atoms with Crippen LogP contribution in [-0.4, -0.2) is 22.5 Å². The van der Waals surface area contributed by atoms with Crippen molar-refractivity contribution >= 4 is 44.3 Å². The number of aromatic nitrogens is 1. The van der Waals surface area contributed by atoms with Crippen molar-refractivity contribution in [3.63, 3.8) is 0 Å². The number of urea groups is 1. The Kier molecular flexibility index (Phi) is 6.15. The van der Waals surface area contributed by atoms with Crippen molar-refractivity contribution in [2.24, 2.45) is 0 Å². The maximum Gasteiger partial charge on any atom is 0.322 e. The first-order chi connectivity index (χ1) is 15.4. The molecule has 1 fully saturated rings. The molecule has 7 heteroatoms. The second-order valence-electron chi connectivity index (χ2n) is 8.29. The number of anilines is 2. The van der Waals surface area contributed by atoms with Crippen LogP contribution in [0.2, 0.25) is 0 Å². The lowest BCUT2D eigenvalue weighted by atomic mass is 9.82. The molecule has 1 aliphatic carbocycles. The predicted octanol–water partition coefficient (Wildman–Crippen LogP) is 5.62. The van der Waals surface area contributed by atoms with Gasteiger partial charge in [0.05, 0.1) is 10.2 Å². The lowest BCUT2D eigenvalue weighted by Gasteiger charge is -2.33. The number of carbonyl (C=O) groups excluding carboxylic acids is 2. The SMILES string of the molecule is C#CC1(NC(=O)Nc2nc3ccc(C(=O)Nc4c(C)cccc4C)cc3s2)CCCCC1. The smallest absolute Gasteiger partial charge is 0.322 e. The number of rotatable bonds is 4. The number of aryl methyl sites for hydroxylation is 2. The van der Waals surface area contributed by atoms with Crippen LogP contribution in [0.4, 0.5) is 15.6 Å². The number of benzene rings is 2. The molecular formula is C25H26N4O2S. The molecule has 1 saturated carbocycles. The Morgan fingerprint density at radius 1 is 1.06 bits per heavy atom. The minimum atomic E-state index is -0.585. The summed E-state index contributed by atoms with van der Waals surface area (Å²) in [6, 6.07) is 10.9. The largest absolute Gasteiger partial charge is 0.322 e. The molecule has 0 atom stereocenters. The van der Waals surface area contributed by atoms with Gasteiger partial charge in [-0.3, -0.25) is 10.1 Å². The zero-order valence-corrected chi connectivity index (χ0v) is 19.1. The molecular weight excluding hydrogens is 420 g/mol. The minimum absolute atomic E-state index is 0.182. The molecule has 1 aromatic heterocycles. The lowest BCUT2D eigenvalue weighted by Crippen LogP contribution is -2.50. The van der Waals surface area contributed by atoms with Crippen molar-refractivity contribution in [2.45, 2.75) is 51.5 Å². The van der Waals surface area contributed by atoms with Crippen LogP contribution in [0.5, 0.6) is 0 Å². The van der Waals surface area contributed by atoms with Gasteiger partial charge in [0.25, 0.3) is 5.91 Å². The number of nitrogens with one attached hydrogen (secondary N) is 3. The number of hydrogen-bond acceptors (Lipinski definition) is 4. The summed E-state index contributed by atoms with van der Waals surface area (Å²) in [5.41, 5.74) is 3.52. The van der Waals surface area contributed by atoms with Crippen LogP contribution < -0.4 is 16.0 Å². The summed E-state index contributed by atoms with van der Waals surface area (Å²) in [6.45, 7) is 3.94. The van der Waals surface area contributed by atoms with Crippen molar-refractivity contribution in [3.05, 3.63) is 53.1 Å². The number of para-hydroxylation sites is 1. The Morgan fingerprint density at radius 3 is 2.47 bits per heavy atom. The highest BCUT2D eigenvalue weighted by Crippen LogP contribution is 2.30. The highest BCUT2D eigenvalue weighted by Gasteiger charge is 2.31. The van der Waals surface area contributed by atoms with Crippen LogP contribution >= 0.6 is 11.3 Å². The topological polar surface area (TPSA) is 83.1 Å². The Balaban J connectivity index is 1.47.